The normalized spacial score (nSPS) is 13.9. The van der Waals surface area contributed by atoms with Crippen LogP contribution in [0.25, 0.3) is 0 Å². The zero-order valence-corrected chi connectivity index (χ0v) is 11.3. The van der Waals surface area contributed by atoms with E-state index in [0.717, 1.165) is 18.5 Å². The first-order valence-electron chi connectivity index (χ1n) is 6.78. The third-order valence-corrected chi connectivity index (χ3v) is 3.25. The molecule has 0 heterocycles. The number of anilines is 1. The van der Waals surface area contributed by atoms with Crippen molar-refractivity contribution in [2.24, 2.45) is 0 Å². The van der Waals surface area contributed by atoms with Crippen LogP contribution in [-0.2, 0) is 9.59 Å². The monoisotopic (exact) mass is 260 g/mol. The average molecular weight is 260 g/mol. The molecule has 1 aliphatic carbocycles. The Kier molecular flexibility index (Phi) is 4.55. The lowest BCUT2D eigenvalue weighted by Gasteiger charge is -2.17. The molecule has 1 aromatic rings. The summed E-state index contributed by atoms with van der Waals surface area (Å²) in [6.45, 7) is 0. The highest BCUT2D eigenvalue weighted by molar-refractivity contribution is 5.93. The van der Waals surface area contributed by atoms with Gasteiger partial charge in [-0.1, -0.05) is 18.2 Å². The molecule has 0 bridgehead atoms. The SMILES string of the molecule is CN(C(=O)CCCC(=O)NC1CC1)c1ccccc1. The molecule has 0 unspecified atom stereocenters. The third kappa shape index (κ3) is 4.39. The molecule has 0 radical (unpaired) electrons. The lowest BCUT2D eigenvalue weighted by molar-refractivity contribution is -0.121. The highest BCUT2D eigenvalue weighted by atomic mass is 16.2. The summed E-state index contributed by atoms with van der Waals surface area (Å²) in [6, 6.07) is 9.93. The van der Waals surface area contributed by atoms with E-state index in [2.05, 4.69) is 5.32 Å². The van der Waals surface area contributed by atoms with Crippen LogP contribution in [0, 0.1) is 0 Å². The lowest BCUT2D eigenvalue weighted by Crippen LogP contribution is -2.27. The average Bonchev–Trinajstić information content (AvgIpc) is 3.22. The van der Waals surface area contributed by atoms with Gasteiger partial charge in [-0.25, -0.2) is 0 Å². The van der Waals surface area contributed by atoms with Gasteiger partial charge in [-0.15, -0.1) is 0 Å². The van der Waals surface area contributed by atoms with Gasteiger partial charge in [0.25, 0.3) is 0 Å². The molecule has 1 aromatic carbocycles. The van der Waals surface area contributed by atoms with Gasteiger partial charge in [0, 0.05) is 31.6 Å². The zero-order valence-electron chi connectivity index (χ0n) is 11.3. The largest absolute Gasteiger partial charge is 0.353 e. The predicted molar refractivity (Wildman–Crippen MR) is 74.9 cm³/mol. The van der Waals surface area contributed by atoms with Crippen LogP contribution in [0.15, 0.2) is 30.3 Å². The van der Waals surface area contributed by atoms with Crippen molar-refractivity contribution in [3.63, 3.8) is 0 Å². The van der Waals surface area contributed by atoms with Crippen LogP contribution in [0.5, 0.6) is 0 Å². The number of rotatable bonds is 6. The fourth-order valence-corrected chi connectivity index (χ4v) is 1.89. The summed E-state index contributed by atoms with van der Waals surface area (Å²) in [7, 11) is 1.77. The van der Waals surface area contributed by atoms with Gasteiger partial charge in [0.05, 0.1) is 0 Å². The summed E-state index contributed by atoms with van der Waals surface area (Å²) in [4.78, 5) is 25.1. The molecule has 2 rings (SSSR count). The van der Waals surface area contributed by atoms with Crippen molar-refractivity contribution in [1.29, 1.82) is 0 Å². The minimum atomic E-state index is 0.0467. The standard InChI is InChI=1S/C15H20N2O2/c1-17(13-6-3-2-4-7-13)15(19)9-5-8-14(18)16-12-10-11-12/h2-4,6-7,12H,5,8-11H2,1H3,(H,16,18). The lowest BCUT2D eigenvalue weighted by atomic mass is 10.2. The second kappa shape index (κ2) is 6.36. The van der Waals surface area contributed by atoms with Crippen molar-refractivity contribution in [2.75, 3.05) is 11.9 Å². The molecular formula is C15H20N2O2. The van der Waals surface area contributed by atoms with Gasteiger partial charge in [-0.05, 0) is 31.4 Å². The van der Waals surface area contributed by atoms with Crippen molar-refractivity contribution >= 4 is 17.5 Å². The van der Waals surface area contributed by atoms with Crippen molar-refractivity contribution in [1.82, 2.24) is 5.32 Å². The molecule has 4 heteroatoms. The summed E-state index contributed by atoms with van der Waals surface area (Å²) in [5.74, 6) is 0.114. The second-order valence-corrected chi connectivity index (χ2v) is 4.98. The fourth-order valence-electron chi connectivity index (χ4n) is 1.89. The van der Waals surface area contributed by atoms with Crippen LogP contribution in [0.4, 0.5) is 5.69 Å². The first-order chi connectivity index (χ1) is 9.16. The molecular weight excluding hydrogens is 240 g/mol. The van der Waals surface area contributed by atoms with Crippen molar-refractivity contribution in [2.45, 2.75) is 38.1 Å². The molecule has 0 saturated heterocycles. The van der Waals surface area contributed by atoms with Gasteiger partial charge in [0.15, 0.2) is 0 Å². The van der Waals surface area contributed by atoms with Gasteiger partial charge < -0.3 is 10.2 Å². The molecule has 1 aliphatic rings. The van der Waals surface area contributed by atoms with E-state index in [0.29, 0.717) is 25.3 Å². The Morgan fingerprint density at radius 1 is 1.21 bits per heavy atom. The van der Waals surface area contributed by atoms with Crippen LogP contribution >= 0.6 is 0 Å². The number of hydrogen-bond donors (Lipinski definition) is 1. The van der Waals surface area contributed by atoms with Crippen LogP contribution in [0.2, 0.25) is 0 Å². The number of benzene rings is 1. The third-order valence-electron chi connectivity index (χ3n) is 3.25. The number of para-hydroxylation sites is 1. The maximum atomic E-state index is 12.0. The molecule has 1 saturated carbocycles. The number of nitrogens with zero attached hydrogens (tertiary/aromatic N) is 1. The highest BCUT2D eigenvalue weighted by Gasteiger charge is 2.23. The zero-order chi connectivity index (χ0) is 13.7. The maximum absolute atomic E-state index is 12.0. The minimum absolute atomic E-state index is 0.0467. The van der Waals surface area contributed by atoms with E-state index in [1.165, 1.54) is 0 Å². The van der Waals surface area contributed by atoms with Crippen LogP contribution in [0.1, 0.15) is 32.1 Å². The number of hydrogen-bond acceptors (Lipinski definition) is 2. The Bertz CT molecular complexity index is 441. The summed E-state index contributed by atoms with van der Waals surface area (Å²) < 4.78 is 0. The molecule has 0 aliphatic heterocycles. The Hall–Kier alpha value is -1.84. The Balaban J connectivity index is 1.70. The Morgan fingerprint density at radius 3 is 2.53 bits per heavy atom. The van der Waals surface area contributed by atoms with Gasteiger partial charge in [-0.3, -0.25) is 9.59 Å². The molecule has 102 valence electrons. The first-order valence-corrected chi connectivity index (χ1v) is 6.78. The van der Waals surface area contributed by atoms with Crippen molar-refractivity contribution < 1.29 is 9.59 Å². The smallest absolute Gasteiger partial charge is 0.226 e. The van der Waals surface area contributed by atoms with Crippen molar-refractivity contribution in [3.8, 4) is 0 Å². The minimum Gasteiger partial charge on any atom is -0.353 e. The number of carbonyl (C=O) groups is 2. The highest BCUT2D eigenvalue weighted by Crippen LogP contribution is 2.19. The van der Waals surface area contributed by atoms with E-state index in [1.54, 1.807) is 11.9 Å². The van der Waals surface area contributed by atoms with E-state index >= 15 is 0 Å². The van der Waals surface area contributed by atoms with Crippen molar-refractivity contribution in [3.05, 3.63) is 30.3 Å². The van der Waals surface area contributed by atoms with E-state index in [9.17, 15) is 9.59 Å². The molecule has 4 nitrogen and oxygen atoms in total. The van der Waals surface area contributed by atoms with Gasteiger partial charge in [0.2, 0.25) is 11.8 Å². The Morgan fingerprint density at radius 2 is 1.89 bits per heavy atom. The predicted octanol–water partition coefficient (Wildman–Crippen LogP) is 2.10. The van der Waals surface area contributed by atoms with E-state index in [1.807, 2.05) is 30.3 Å². The summed E-state index contributed by atoms with van der Waals surface area (Å²) in [6.07, 6.45) is 3.64. The molecule has 1 N–H and O–H groups in total. The fraction of sp³-hybridized carbons (Fsp3) is 0.467. The molecule has 2 amide bonds. The molecule has 0 aromatic heterocycles. The Labute approximate surface area is 113 Å². The number of nitrogens with one attached hydrogen (secondary N) is 1. The van der Waals surface area contributed by atoms with Gasteiger partial charge in [-0.2, -0.15) is 0 Å². The summed E-state index contributed by atoms with van der Waals surface area (Å²) in [5, 5.41) is 2.92. The van der Waals surface area contributed by atoms with E-state index < -0.39 is 0 Å². The summed E-state index contributed by atoms with van der Waals surface area (Å²) >= 11 is 0. The summed E-state index contributed by atoms with van der Waals surface area (Å²) in [5.41, 5.74) is 0.884. The molecule has 0 atom stereocenters. The molecule has 1 fully saturated rings. The van der Waals surface area contributed by atoms with Crippen LogP contribution in [0.3, 0.4) is 0 Å². The first kappa shape index (κ1) is 13.6. The number of amides is 2. The topological polar surface area (TPSA) is 49.4 Å². The van der Waals surface area contributed by atoms with E-state index in [4.69, 9.17) is 0 Å². The van der Waals surface area contributed by atoms with Crippen LogP contribution < -0.4 is 10.2 Å². The molecule has 0 spiro atoms. The quantitative estimate of drug-likeness (QED) is 0.851. The maximum Gasteiger partial charge on any atom is 0.226 e. The van der Waals surface area contributed by atoms with Gasteiger partial charge >= 0.3 is 0 Å². The number of carbonyl (C=O) groups excluding carboxylic acids is 2. The van der Waals surface area contributed by atoms with Crippen LogP contribution in [-0.4, -0.2) is 24.9 Å². The second-order valence-electron chi connectivity index (χ2n) is 4.98. The van der Waals surface area contributed by atoms with Gasteiger partial charge in [0.1, 0.15) is 0 Å². The van der Waals surface area contributed by atoms with E-state index in [-0.39, 0.29) is 11.8 Å². The molecule has 19 heavy (non-hydrogen) atoms.